The Morgan fingerprint density at radius 1 is 0.880 bits per heavy atom. The van der Waals surface area contributed by atoms with Crippen LogP contribution >= 0.6 is 11.3 Å². The SMILES string of the molecule is O=C(NCCc1ccc(C(=O)O)s1)c1ccc(-c2ccccc2)cc1. The largest absolute Gasteiger partial charge is 0.477 e. The molecule has 0 fully saturated rings. The molecule has 1 amide bonds. The molecule has 5 heteroatoms. The number of aromatic carboxylic acids is 1. The minimum Gasteiger partial charge on any atom is -0.477 e. The molecule has 3 aromatic rings. The van der Waals surface area contributed by atoms with Crippen LogP contribution in [0, 0.1) is 0 Å². The molecular formula is C20H17NO3S. The van der Waals surface area contributed by atoms with Gasteiger partial charge >= 0.3 is 5.97 Å². The molecule has 0 atom stereocenters. The lowest BCUT2D eigenvalue weighted by Gasteiger charge is -2.06. The van der Waals surface area contributed by atoms with Crippen LogP contribution in [0.5, 0.6) is 0 Å². The first kappa shape index (κ1) is 16.9. The predicted octanol–water partition coefficient (Wildman–Crippen LogP) is 4.09. The molecule has 25 heavy (non-hydrogen) atoms. The molecule has 1 aromatic heterocycles. The van der Waals surface area contributed by atoms with Crippen LogP contribution in [0.25, 0.3) is 11.1 Å². The van der Waals surface area contributed by atoms with Gasteiger partial charge in [0.15, 0.2) is 0 Å². The second-order valence-electron chi connectivity index (χ2n) is 5.52. The van der Waals surface area contributed by atoms with Crippen LogP contribution in [-0.2, 0) is 6.42 Å². The van der Waals surface area contributed by atoms with Crippen LogP contribution in [-0.4, -0.2) is 23.5 Å². The Balaban J connectivity index is 1.55. The molecule has 126 valence electrons. The van der Waals surface area contributed by atoms with Crippen LogP contribution in [0.4, 0.5) is 0 Å². The quantitative estimate of drug-likeness (QED) is 0.703. The van der Waals surface area contributed by atoms with E-state index in [1.54, 1.807) is 12.1 Å². The van der Waals surface area contributed by atoms with Crippen molar-refractivity contribution in [1.29, 1.82) is 0 Å². The number of carbonyl (C=O) groups is 2. The summed E-state index contributed by atoms with van der Waals surface area (Å²) in [5.74, 6) is -1.05. The van der Waals surface area contributed by atoms with Crippen molar-refractivity contribution in [3.63, 3.8) is 0 Å². The molecule has 0 spiro atoms. The Kier molecular flexibility index (Phi) is 5.26. The maximum Gasteiger partial charge on any atom is 0.345 e. The van der Waals surface area contributed by atoms with E-state index < -0.39 is 5.97 Å². The fourth-order valence-electron chi connectivity index (χ4n) is 2.47. The van der Waals surface area contributed by atoms with Crippen LogP contribution in [0.2, 0.25) is 0 Å². The maximum absolute atomic E-state index is 12.2. The van der Waals surface area contributed by atoms with Crippen molar-refractivity contribution in [2.24, 2.45) is 0 Å². The molecule has 4 nitrogen and oxygen atoms in total. The summed E-state index contributed by atoms with van der Waals surface area (Å²) in [5, 5.41) is 11.8. The average molecular weight is 351 g/mol. The molecule has 0 saturated carbocycles. The Hall–Kier alpha value is -2.92. The minimum absolute atomic E-state index is 0.130. The molecule has 0 saturated heterocycles. The lowest BCUT2D eigenvalue weighted by Crippen LogP contribution is -2.25. The highest BCUT2D eigenvalue weighted by molar-refractivity contribution is 7.13. The zero-order valence-electron chi connectivity index (χ0n) is 13.4. The van der Waals surface area contributed by atoms with Gasteiger partial charge in [-0.15, -0.1) is 11.3 Å². The van der Waals surface area contributed by atoms with E-state index >= 15 is 0 Å². The molecule has 3 rings (SSSR count). The highest BCUT2D eigenvalue weighted by Gasteiger charge is 2.08. The molecule has 0 bridgehead atoms. The molecule has 1 heterocycles. The number of amides is 1. The number of hydrogen-bond acceptors (Lipinski definition) is 3. The molecule has 2 aromatic carbocycles. The summed E-state index contributed by atoms with van der Waals surface area (Å²) in [6.45, 7) is 0.471. The summed E-state index contributed by atoms with van der Waals surface area (Å²) < 4.78 is 0. The lowest BCUT2D eigenvalue weighted by atomic mass is 10.0. The Morgan fingerprint density at radius 3 is 2.20 bits per heavy atom. The van der Waals surface area contributed by atoms with E-state index in [-0.39, 0.29) is 5.91 Å². The second kappa shape index (κ2) is 7.77. The van der Waals surface area contributed by atoms with Gasteiger partial charge in [0.25, 0.3) is 5.91 Å². The topological polar surface area (TPSA) is 66.4 Å². The van der Waals surface area contributed by atoms with Gasteiger partial charge in [-0.2, -0.15) is 0 Å². The van der Waals surface area contributed by atoms with Crippen molar-refractivity contribution in [3.05, 3.63) is 82.0 Å². The molecule has 0 unspecified atom stereocenters. The van der Waals surface area contributed by atoms with Gasteiger partial charge in [0.05, 0.1) is 0 Å². The van der Waals surface area contributed by atoms with E-state index in [0.717, 1.165) is 16.0 Å². The summed E-state index contributed by atoms with van der Waals surface area (Å²) in [6.07, 6.45) is 0.617. The number of hydrogen-bond donors (Lipinski definition) is 2. The van der Waals surface area contributed by atoms with Gasteiger partial charge in [0.1, 0.15) is 4.88 Å². The zero-order valence-corrected chi connectivity index (χ0v) is 14.3. The maximum atomic E-state index is 12.2. The van der Waals surface area contributed by atoms with E-state index in [2.05, 4.69) is 5.32 Å². The molecular weight excluding hydrogens is 334 g/mol. The molecule has 0 aliphatic rings. The van der Waals surface area contributed by atoms with Crippen molar-refractivity contribution < 1.29 is 14.7 Å². The van der Waals surface area contributed by atoms with Crippen molar-refractivity contribution in [3.8, 4) is 11.1 Å². The zero-order chi connectivity index (χ0) is 17.6. The summed E-state index contributed by atoms with van der Waals surface area (Å²) in [4.78, 5) is 24.3. The molecule has 0 aliphatic carbocycles. The smallest absolute Gasteiger partial charge is 0.345 e. The normalized spacial score (nSPS) is 10.4. The van der Waals surface area contributed by atoms with Gasteiger partial charge in [-0.1, -0.05) is 42.5 Å². The number of carboxylic acid groups (broad SMARTS) is 1. The van der Waals surface area contributed by atoms with Crippen LogP contribution in [0.3, 0.4) is 0 Å². The van der Waals surface area contributed by atoms with Gasteiger partial charge < -0.3 is 10.4 Å². The number of carbonyl (C=O) groups excluding carboxylic acids is 1. The number of carboxylic acids is 1. The van der Waals surface area contributed by atoms with Gasteiger partial charge in [0, 0.05) is 17.0 Å². The number of nitrogens with one attached hydrogen (secondary N) is 1. The third-order valence-corrected chi connectivity index (χ3v) is 4.92. The Morgan fingerprint density at radius 2 is 1.56 bits per heavy atom. The minimum atomic E-state index is -0.918. The van der Waals surface area contributed by atoms with Crippen LogP contribution < -0.4 is 5.32 Å². The van der Waals surface area contributed by atoms with E-state index in [1.165, 1.54) is 11.3 Å². The van der Waals surface area contributed by atoms with Crippen molar-refractivity contribution in [2.75, 3.05) is 6.54 Å². The fraction of sp³-hybridized carbons (Fsp3) is 0.100. The van der Waals surface area contributed by atoms with Crippen molar-refractivity contribution >= 4 is 23.2 Å². The predicted molar refractivity (Wildman–Crippen MR) is 99.2 cm³/mol. The lowest BCUT2D eigenvalue weighted by molar-refractivity contribution is 0.0702. The Labute approximate surface area is 149 Å². The van der Waals surface area contributed by atoms with Gasteiger partial charge in [-0.25, -0.2) is 4.79 Å². The first-order valence-corrected chi connectivity index (χ1v) is 8.71. The first-order valence-electron chi connectivity index (χ1n) is 7.89. The summed E-state index contributed by atoms with van der Waals surface area (Å²) in [5.41, 5.74) is 2.79. The first-order chi connectivity index (χ1) is 12.1. The third kappa shape index (κ3) is 4.33. The molecule has 0 aliphatic heterocycles. The van der Waals surface area contributed by atoms with E-state index in [9.17, 15) is 9.59 Å². The van der Waals surface area contributed by atoms with Gasteiger partial charge in [-0.05, 0) is 41.8 Å². The van der Waals surface area contributed by atoms with E-state index in [0.29, 0.717) is 23.4 Å². The van der Waals surface area contributed by atoms with E-state index in [4.69, 9.17) is 5.11 Å². The summed E-state index contributed by atoms with van der Waals surface area (Å²) >= 11 is 1.24. The highest BCUT2D eigenvalue weighted by atomic mass is 32.1. The molecule has 0 radical (unpaired) electrons. The highest BCUT2D eigenvalue weighted by Crippen LogP contribution is 2.19. The number of thiophene rings is 1. The average Bonchev–Trinajstić information content (AvgIpc) is 3.12. The second-order valence-corrected chi connectivity index (χ2v) is 6.69. The molecule has 2 N–H and O–H groups in total. The van der Waals surface area contributed by atoms with E-state index in [1.807, 2.05) is 54.6 Å². The monoisotopic (exact) mass is 351 g/mol. The van der Waals surface area contributed by atoms with Gasteiger partial charge in [0.2, 0.25) is 0 Å². The number of rotatable bonds is 6. The Bertz CT molecular complexity index is 869. The van der Waals surface area contributed by atoms with Crippen LogP contribution in [0.15, 0.2) is 66.7 Å². The fourth-order valence-corrected chi connectivity index (χ4v) is 3.32. The van der Waals surface area contributed by atoms with Gasteiger partial charge in [-0.3, -0.25) is 4.79 Å². The summed E-state index contributed by atoms with van der Waals surface area (Å²) in [6, 6.07) is 20.9. The van der Waals surface area contributed by atoms with Crippen molar-refractivity contribution in [2.45, 2.75) is 6.42 Å². The standard InChI is InChI=1S/C20H17NO3S/c22-19(21-13-12-17-10-11-18(25-17)20(23)24)16-8-6-15(7-9-16)14-4-2-1-3-5-14/h1-11H,12-13H2,(H,21,22)(H,23,24). The van der Waals surface area contributed by atoms with Crippen molar-refractivity contribution in [1.82, 2.24) is 5.32 Å². The summed E-state index contributed by atoms with van der Waals surface area (Å²) in [7, 11) is 0. The van der Waals surface area contributed by atoms with Crippen LogP contribution in [0.1, 0.15) is 24.9 Å². The number of benzene rings is 2. The third-order valence-electron chi connectivity index (χ3n) is 3.78.